The predicted octanol–water partition coefficient (Wildman–Crippen LogP) is 0.982. The Morgan fingerprint density at radius 1 is 1.27 bits per heavy atom. The molecule has 0 fully saturated rings. The second kappa shape index (κ2) is 8.42. The van der Waals surface area contributed by atoms with Gasteiger partial charge in [-0.3, -0.25) is 19.1 Å². The van der Waals surface area contributed by atoms with E-state index in [1.54, 1.807) is 33.8 Å². The Balaban J connectivity index is 2.85. The molecule has 0 saturated carbocycles. The molecule has 0 aliphatic carbocycles. The number of hydrogen-bond acceptors (Lipinski definition) is 7. The standard InChI is InChI=1S/C21H27N5O4/c1-11-5-6-16(27)12(2)17(11)26-18(23)15(19(24)28)7-14(20(26)29)13(8-22)9-25-10-21(3,4)30/h5-9,27,30H,10,22-23H2,1-4H3,(H2,24,28)/b13-8+,25-9?. The highest BCUT2D eigenvalue weighted by atomic mass is 16.3. The van der Waals surface area contributed by atoms with E-state index >= 15 is 0 Å². The fourth-order valence-electron chi connectivity index (χ4n) is 3.00. The van der Waals surface area contributed by atoms with E-state index in [4.69, 9.17) is 17.2 Å². The average Bonchev–Trinajstić information content (AvgIpc) is 2.64. The molecule has 1 aromatic carbocycles. The van der Waals surface area contributed by atoms with Crippen LogP contribution >= 0.6 is 0 Å². The van der Waals surface area contributed by atoms with Crippen molar-refractivity contribution in [3.05, 3.63) is 57.0 Å². The summed E-state index contributed by atoms with van der Waals surface area (Å²) in [6.07, 6.45) is 2.50. The summed E-state index contributed by atoms with van der Waals surface area (Å²) in [6.45, 7) is 6.62. The van der Waals surface area contributed by atoms with Gasteiger partial charge in [0.1, 0.15) is 11.6 Å². The molecule has 1 amide bonds. The highest BCUT2D eigenvalue weighted by Gasteiger charge is 2.22. The van der Waals surface area contributed by atoms with Crippen LogP contribution in [0.5, 0.6) is 5.75 Å². The van der Waals surface area contributed by atoms with E-state index in [0.29, 0.717) is 16.8 Å². The third kappa shape index (κ3) is 4.52. The molecule has 8 N–H and O–H groups in total. The Morgan fingerprint density at radius 3 is 2.43 bits per heavy atom. The molecular formula is C21H27N5O4. The van der Waals surface area contributed by atoms with E-state index in [2.05, 4.69) is 4.99 Å². The van der Waals surface area contributed by atoms with Crippen LogP contribution in [-0.2, 0) is 0 Å². The minimum atomic E-state index is -1.05. The van der Waals surface area contributed by atoms with Crippen molar-refractivity contribution in [2.75, 3.05) is 12.3 Å². The number of benzene rings is 1. The number of allylic oxidation sites excluding steroid dienone is 1. The van der Waals surface area contributed by atoms with Crippen LogP contribution in [0.25, 0.3) is 11.3 Å². The Bertz CT molecular complexity index is 1110. The molecule has 0 saturated heterocycles. The van der Waals surface area contributed by atoms with Gasteiger partial charge in [-0.1, -0.05) is 6.07 Å². The maximum Gasteiger partial charge on any atom is 0.264 e. The summed E-state index contributed by atoms with van der Waals surface area (Å²) in [4.78, 5) is 29.5. The lowest BCUT2D eigenvalue weighted by molar-refractivity contribution is 0.0905. The molecule has 0 radical (unpaired) electrons. The predicted molar refractivity (Wildman–Crippen MR) is 118 cm³/mol. The fraction of sp³-hybridized carbons (Fsp3) is 0.286. The smallest absolute Gasteiger partial charge is 0.264 e. The van der Waals surface area contributed by atoms with Crippen molar-refractivity contribution >= 4 is 23.5 Å². The number of nitrogen functional groups attached to an aromatic ring is 1. The monoisotopic (exact) mass is 413 g/mol. The Labute approximate surface area is 174 Å². The first kappa shape index (κ1) is 22.7. The topological polar surface area (TPSA) is 170 Å². The zero-order chi connectivity index (χ0) is 22.8. The van der Waals surface area contributed by atoms with Gasteiger partial charge in [0.25, 0.3) is 11.5 Å². The molecule has 0 atom stereocenters. The van der Waals surface area contributed by atoms with Gasteiger partial charge in [0.2, 0.25) is 0 Å². The fourth-order valence-corrected chi connectivity index (χ4v) is 3.00. The van der Waals surface area contributed by atoms with E-state index < -0.39 is 17.1 Å². The number of aliphatic imine (C=N–C) groups is 1. The number of amides is 1. The van der Waals surface area contributed by atoms with Crippen molar-refractivity contribution in [1.82, 2.24) is 4.57 Å². The number of nitrogens with zero attached hydrogens (tertiary/aromatic N) is 2. The van der Waals surface area contributed by atoms with Crippen LogP contribution in [0.3, 0.4) is 0 Å². The van der Waals surface area contributed by atoms with Crippen molar-refractivity contribution in [3.63, 3.8) is 0 Å². The molecule has 0 unspecified atom stereocenters. The number of carbonyl (C=O) groups is 1. The summed E-state index contributed by atoms with van der Waals surface area (Å²) >= 11 is 0. The zero-order valence-corrected chi connectivity index (χ0v) is 17.4. The summed E-state index contributed by atoms with van der Waals surface area (Å²) in [7, 11) is 0. The number of anilines is 1. The van der Waals surface area contributed by atoms with E-state index in [-0.39, 0.29) is 34.8 Å². The number of nitrogens with two attached hydrogens (primary N) is 3. The van der Waals surface area contributed by atoms with Crippen LogP contribution in [0.1, 0.15) is 40.9 Å². The molecule has 9 nitrogen and oxygen atoms in total. The van der Waals surface area contributed by atoms with Gasteiger partial charge in [0.15, 0.2) is 0 Å². The molecule has 1 aromatic heterocycles. The SMILES string of the molecule is Cc1ccc(O)c(C)c1-n1c(N)c(C(N)=O)cc(/C(C=NCC(C)(C)O)=C/N)c1=O. The van der Waals surface area contributed by atoms with Gasteiger partial charge in [-0.2, -0.15) is 0 Å². The molecule has 2 rings (SSSR count). The number of phenolic OH excluding ortho intramolecular Hbond substituents is 1. The normalized spacial score (nSPS) is 12.5. The Morgan fingerprint density at radius 2 is 1.90 bits per heavy atom. The van der Waals surface area contributed by atoms with Crippen LogP contribution in [0.4, 0.5) is 5.82 Å². The van der Waals surface area contributed by atoms with Gasteiger partial charge in [0.05, 0.1) is 29.0 Å². The number of hydrogen-bond donors (Lipinski definition) is 5. The number of aromatic hydroxyl groups is 1. The Hall–Kier alpha value is -3.59. The second-order valence-corrected chi connectivity index (χ2v) is 7.64. The maximum absolute atomic E-state index is 13.4. The summed E-state index contributed by atoms with van der Waals surface area (Å²) < 4.78 is 1.13. The van der Waals surface area contributed by atoms with Crippen molar-refractivity contribution in [3.8, 4) is 11.4 Å². The third-order valence-electron chi connectivity index (χ3n) is 4.53. The highest BCUT2D eigenvalue weighted by Crippen LogP contribution is 2.29. The van der Waals surface area contributed by atoms with E-state index in [9.17, 15) is 19.8 Å². The first-order chi connectivity index (χ1) is 13.9. The van der Waals surface area contributed by atoms with Crippen molar-refractivity contribution < 1.29 is 15.0 Å². The number of aryl methyl sites for hydroxylation is 1. The summed E-state index contributed by atoms with van der Waals surface area (Å²) in [5.74, 6) is -1.02. The number of rotatable bonds is 6. The van der Waals surface area contributed by atoms with Crippen molar-refractivity contribution in [1.29, 1.82) is 0 Å². The summed E-state index contributed by atoms with van der Waals surface area (Å²) in [5, 5.41) is 20.0. The summed E-state index contributed by atoms with van der Waals surface area (Å²) in [5.41, 5.74) is 17.3. The Kier molecular flexibility index (Phi) is 6.37. The quantitative estimate of drug-likeness (QED) is 0.442. The van der Waals surface area contributed by atoms with Gasteiger partial charge >= 0.3 is 0 Å². The van der Waals surface area contributed by atoms with Crippen LogP contribution in [0.15, 0.2) is 34.2 Å². The average molecular weight is 413 g/mol. The molecule has 0 aliphatic heterocycles. The van der Waals surface area contributed by atoms with Gasteiger partial charge in [-0.05, 0) is 45.4 Å². The first-order valence-corrected chi connectivity index (χ1v) is 9.18. The maximum atomic E-state index is 13.4. The molecule has 1 heterocycles. The van der Waals surface area contributed by atoms with Gasteiger partial charge in [0, 0.05) is 23.6 Å². The number of carbonyl (C=O) groups excluding carboxylic acids is 1. The van der Waals surface area contributed by atoms with Crippen LogP contribution in [-0.4, -0.2) is 39.0 Å². The first-order valence-electron chi connectivity index (χ1n) is 9.18. The van der Waals surface area contributed by atoms with Gasteiger partial charge in [-0.25, -0.2) is 0 Å². The number of aromatic nitrogens is 1. The molecule has 0 aliphatic rings. The minimum Gasteiger partial charge on any atom is -0.508 e. The minimum absolute atomic E-state index is 0.0331. The van der Waals surface area contributed by atoms with E-state index in [1.165, 1.54) is 18.3 Å². The van der Waals surface area contributed by atoms with E-state index in [1.807, 2.05) is 0 Å². The molecule has 2 aromatic rings. The second-order valence-electron chi connectivity index (χ2n) is 7.64. The zero-order valence-electron chi connectivity index (χ0n) is 17.4. The molecule has 9 heteroatoms. The van der Waals surface area contributed by atoms with Crippen molar-refractivity contribution in [2.45, 2.75) is 33.3 Å². The number of phenols is 1. The number of pyridine rings is 1. The van der Waals surface area contributed by atoms with E-state index in [0.717, 1.165) is 10.8 Å². The van der Waals surface area contributed by atoms with Crippen LogP contribution in [0.2, 0.25) is 0 Å². The molecule has 160 valence electrons. The lowest BCUT2D eigenvalue weighted by Crippen LogP contribution is -2.30. The molecule has 0 spiro atoms. The largest absolute Gasteiger partial charge is 0.508 e. The van der Waals surface area contributed by atoms with Crippen LogP contribution in [0, 0.1) is 13.8 Å². The van der Waals surface area contributed by atoms with Gasteiger partial charge < -0.3 is 27.4 Å². The van der Waals surface area contributed by atoms with Crippen molar-refractivity contribution in [2.24, 2.45) is 16.5 Å². The molecule has 0 bridgehead atoms. The van der Waals surface area contributed by atoms with Crippen LogP contribution < -0.4 is 22.8 Å². The third-order valence-corrected chi connectivity index (χ3v) is 4.53. The lowest BCUT2D eigenvalue weighted by atomic mass is 10.0. The highest BCUT2D eigenvalue weighted by molar-refractivity contribution is 6.10. The molecule has 30 heavy (non-hydrogen) atoms. The van der Waals surface area contributed by atoms with Gasteiger partial charge in [-0.15, -0.1) is 0 Å². The number of primary amides is 1. The number of aliphatic hydroxyl groups is 1. The molecular weight excluding hydrogens is 386 g/mol. The summed E-state index contributed by atoms with van der Waals surface area (Å²) in [6, 6.07) is 4.39. The lowest BCUT2D eigenvalue weighted by Gasteiger charge is -2.19.